The van der Waals surface area contributed by atoms with Crippen LogP contribution >= 0.6 is 69.6 Å². The first-order chi connectivity index (χ1) is 19.9. The molecule has 4 rings (SSSR count). The summed E-state index contributed by atoms with van der Waals surface area (Å²) in [5.41, 5.74) is 2.16. The Morgan fingerprint density at radius 1 is 0.884 bits per heavy atom. The number of halogens is 6. The zero-order valence-corrected chi connectivity index (χ0v) is 28.2. The topological polar surface area (TPSA) is 87.7 Å². The van der Waals surface area contributed by atoms with E-state index in [-0.39, 0.29) is 25.7 Å². The molecule has 0 unspecified atom stereocenters. The van der Waals surface area contributed by atoms with Crippen molar-refractivity contribution in [3.05, 3.63) is 85.3 Å². The number of alkyl halides is 2. The van der Waals surface area contributed by atoms with Crippen molar-refractivity contribution in [2.24, 2.45) is 5.92 Å². The Morgan fingerprint density at radius 3 is 2.09 bits per heavy atom. The largest absolute Gasteiger partial charge is 0.443 e. The number of nitrogens with zero attached hydrogens (tertiary/aromatic N) is 1. The molecule has 0 radical (unpaired) electrons. The molecule has 1 saturated carbocycles. The van der Waals surface area contributed by atoms with E-state index < -0.39 is 39.7 Å². The number of rotatable bonds is 6. The van der Waals surface area contributed by atoms with E-state index >= 15 is 0 Å². The zero-order valence-electron chi connectivity index (χ0n) is 23.6. The Morgan fingerprint density at radius 2 is 1.51 bits per heavy atom. The molecule has 2 atom stereocenters. The molecule has 0 saturated heterocycles. The van der Waals surface area contributed by atoms with Gasteiger partial charge in [-0.1, -0.05) is 46.4 Å². The summed E-state index contributed by atoms with van der Waals surface area (Å²) in [6.07, 6.45) is -0.506. The maximum atomic E-state index is 13.2. The molecular weight excluding hydrogens is 679 g/mol. The average molecular weight is 706 g/mol. The molecule has 1 fully saturated rings. The lowest BCUT2D eigenvalue weighted by atomic mass is 10.1. The van der Waals surface area contributed by atoms with E-state index in [0.29, 0.717) is 28.2 Å². The molecule has 0 aliphatic heterocycles. The van der Waals surface area contributed by atoms with Gasteiger partial charge in [-0.15, -0.1) is 23.2 Å². The van der Waals surface area contributed by atoms with Gasteiger partial charge in [0.15, 0.2) is 0 Å². The van der Waals surface area contributed by atoms with Crippen LogP contribution in [0.3, 0.4) is 0 Å². The first kappa shape index (κ1) is 33.5. The Kier molecular flexibility index (Phi) is 9.77. The Balaban J connectivity index is 1.47. The molecule has 0 heterocycles. The minimum atomic E-state index is -1.40. The fourth-order valence-corrected chi connectivity index (χ4v) is 6.09. The molecule has 2 N–H and O–H groups in total. The van der Waals surface area contributed by atoms with Crippen molar-refractivity contribution in [2.45, 2.75) is 43.5 Å². The van der Waals surface area contributed by atoms with Crippen molar-refractivity contribution in [1.29, 1.82) is 0 Å². The van der Waals surface area contributed by atoms with Gasteiger partial charge in [-0.2, -0.15) is 0 Å². The Bertz CT molecular complexity index is 1600. The fraction of sp³-hybridized carbons (Fsp3) is 0.300. The second-order valence-electron chi connectivity index (χ2n) is 11.1. The highest BCUT2D eigenvalue weighted by atomic mass is 35.5. The van der Waals surface area contributed by atoms with Crippen molar-refractivity contribution >= 4 is 105 Å². The number of carbonyl (C=O) groups excluding carboxylic acids is 3. The van der Waals surface area contributed by atoms with Gasteiger partial charge in [-0.05, 0) is 87.4 Å². The maximum absolute atomic E-state index is 13.2. The summed E-state index contributed by atoms with van der Waals surface area (Å²) in [5, 5.41) is 6.38. The maximum Gasteiger partial charge on any atom is 0.414 e. The van der Waals surface area contributed by atoms with Gasteiger partial charge in [0.2, 0.25) is 5.91 Å². The van der Waals surface area contributed by atoms with Gasteiger partial charge in [0.25, 0.3) is 5.91 Å². The third-order valence-electron chi connectivity index (χ3n) is 6.69. The molecule has 228 valence electrons. The second kappa shape index (κ2) is 12.5. The van der Waals surface area contributed by atoms with E-state index in [1.807, 2.05) is 0 Å². The SMILES string of the molecule is Cc1cc(N(C)C(=O)OC(C)(C)C)ccc1NC(=O)c1cc(NC(=O)[C@@H]2[C@@H](c3cc(Cl)c(Cl)c(Cl)c3)C2(Cl)Cl)ccc1Cl. The van der Waals surface area contributed by atoms with Crippen LogP contribution in [-0.4, -0.2) is 34.9 Å². The van der Waals surface area contributed by atoms with Crippen LogP contribution in [0.2, 0.25) is 20.1 Å². The highest BCUT2D eigenvalue weighted by Crippen LogP contribution is 2.65. The number of carbonyl (C=O) groups is 3. The number of benzene rings is 3. The molecule has 7 nitrogen and oxygen atoms in total. The Labute approximate surface area is 279 Å². The van der Waals surface area contributed by atoms with Crippen LogP contribution in [0.5, 0.6) is 0 Å². The normalized spacial score (nSPS) is 17.2. The molecule has 3 aromatic carbocycles. The molecule has 1 aliphatic rings. The summed E-state index contributed by atoms with van der Waals surface area (Å²) in [7, 11) is 1.60. The van der Waals surface area contributed by atoms with Crippen LogP contribution in [0.15, 0.2) is 48.5 Å². The lowest BCUT2D eigenvalue weighted by Gasteiger charge is -2.25. The van der Waals surface area contributed by atoms with Gasteiger partial charge >= 0.3 is 6.09 Å². The zero-order chi connectivity index (χ0) is 32.0. The van der Waals surface area contributed by atoms with Crippen molar-refractivity contribution in [1.82, 2.24) is 0 Å². The second-order valence-corrected chi connectivity index (χ2v) is 14.1. The number of nitrogens with one attached hydrogen (secondary N) is 2. The van der Waals surface area contributed by atoms with E-state index in [1.54, 1.807) is 71.1 Å². The predicted molar refractivity (Wildman–Crippen MR) is 176 cm³/mol. The molecule has 43 heavy (non-hydrogen) atoms. The van der Waals surface area contributed by atoms with Gasteiger partial charge in [0.1, 0.15) is 9.93 Å². The van der Waals surface area contributed by atoms with Crippen molar-refractivity contribution in [3.63, 3.8) is 0 Å². The van der Waals surface area contributed by atoms with Crippen LogP contribution in [0, 0.1) is 12.8 Å². The smallest absolute Gasteiger partial charge is 0.414 e. The molecule has 0 spiro atoms. The quantitative estimate of drug-likeness (QED) is 0.198. The van der Waals surface area contributed by atoms with Gasteiger partial charge in [-0.25, -0.2) is 4.79 Å². The minimum Gasteiger partial charge on any atom is -0.443 e. The van der Waals surface area contributed by atoms with Gasteiger partial charge in [0, 0.05) is 30.0 Å². The first-order valence-electron chi connectivity index (χ1n) is 12.9. The highest BCUT2D eigenvalue weighted by molar-refractivity contribution is 6.54. The van der Waals surface area contributed by atoms with E-state index in [0.717, 1.165) is 0 Å². The number of hydrogen-bond acceptors (Lipinski definition) is 4. The van der Waals surface area contributed by atoms with Gasteiger partial charge < -0.3 is 15.4 Å². The lowest BCUT2D eigenvalue weighted by Crippen LogP contribution is -2.34. The number of ether oxygens (including phenoxy) is 1. The van der Waals surface area contributed by atoms with Crippen LogP contribution in [-0.2, 0) is 9.53 Å². The number of amides is 3. The van der Waals surface area contributed by atoms with Crippen LogP contribution < -0.4 is 15.5 Å². The van der Waals surface area contributed by atoms with Crippen molar-refractivity contribution < 1.29 is 19.1 Å². The van der Waals surface area contributed by atoms with Crippen molar-refractivity contribution in [2.75, 3.05) is 22.6 Å². The number of anilines is 3. The van der Waals surface area contributed by atoms with E-state index in [9.17, 15) is 14.4 Å². The highest BCUT2D eigenvalue weighted by Gasteiger charge is 2.67. The lowest BCUT2D eigenvalue weighted by molar-refractivity contribution is -0.117. The molecule has 13 heteroatoms. The average Bonchev–Trinajstić information content (AvgIpc) is 3.49. The molecule has 1 aliphatic carbocycles. The summed E-state index contributed by atoms with van der Waals surface area (Å²) in [6.45, 7) is 7.15. The molecular formula is C30H27Cl6N3O4. The fourth-order valence-electron chi connectivity index (χ4n) is 4.44. The first-order valence-corrected chi connectivity index (χ1v) is 15.2. The number of aryl methyl sites for hydroxylation is 1. The molecule has 0 bridgehead atoms. The van der Waals surface area contributed by atoms with Gasteiger partial charge in [-0.3, -0.25) is 14.5 Å². The summed E-state index contributed by atoms with van der Waals surface area (Å²) in [6, 6.07) is 12.7. The molecule has 0 aromatic heterocycles. The van der Waals surface area contributed by atoms with Crippen LogP contribution in [0.4, 0.5) is 21.9 Å². The molecule has 3 aromatic rings. The summed E-state index contributed by atoms with van der Waals surface area (Å²) < 4.78 is 4.01. The predicted octanol–water partition coefficient (Wildman–Crippen LogP) is 9.76. The van der Waals surface area contributed by atoms with E-state index in [2.05, 4.69) is 10.6 Å². The standard InChI is InChI=1S/C30H27Cl6N3O4/c1-14-10-17(39(5)28(42)43-29(2,3)4)7-9-22(14)38-26(40)18-13-16(6-8-19(18)31)37-27(41)24-23(30(24,35)36)15-11-20(32)25(34)21(33)12-15/h6-13,23-24H,1-5H3,(H,37,41)(H,38,40)/t23-,24+/m1/s1. The third kappa shape index (κ3) is 7.47. The van der Waals surface area contributed by atoms with E-state index in [4.69, 9.17) is 74.3 Å². The molecule has 3 amide bonds. The monoisotopic (exact) mass is 703 g/mol. The van der Waals surface area contributed by atoms with Crippen LogP contribution in [0.25, 0.3) is 0 Å². The third-order valence-corrected chi connectivity index (χ3v) is 9.16. The number of hydrogen-bond donors (Lipinski definition) is 2. The minimum absolute atomic E-state index is 0.125. The van der Waals surface area contributed by atoms with Crippen molar-refractivity contribution in [3.8, 4) is 0 Å². The summed E-state index contributed by atoms with van der Waals surface area (Å²) in [4.78, 5) is 40.2. The summed E-state index contributed by atoms with van der Waals surface area (Å²) in [5.74, 6) is -2.38. The Hall–Kier alpha value is -2.39. The summed E-state index contributed by atoms with van der Waals surface area (Å²) >= 11 is 37.6. The van der Waals surface area contributed by atoms with E-state index in [1.165, 1.54) is 17.0 Å². The van der Waals surface area contributed by atoms with Gasteiger partial charge in [0.05, 0.1) is 31.6 Å². The van der Waals surface area contributed by atoms with Crippen LogP contribution in [0.1, 0.15) is 48.2 Å².